The Morgan fingerprint density at radius 2 is 1.88 bits per heavy atom. The number of ether oxygens (including phenoxy) is 1. The predicted molar refractivity (Wildman–Crippen MR) is 97.5 cm³/mol. The molecule has 26 heavy (non-hydrogen) atoms. The van der Waals surface area contributed by atoms with Crippen LogP contribution in [0.15, 0.2) is 66.9 Å². The van der Waals surface area contributed by atoms with E-state index in [9.17, 15) is 9.18 Å². The van der Waals surface area contributed by atoms with E-state index in [2.05, 4.69) is 10.4 Å². The van der Waals surface area contributed by atoms with Crippen molar-refractivity contribution in [3.8, 4) is 5.75 Å². The number of nitrogens with one attached hydrogen (secondary N) is 1. The van der Waals surface area contributed by atoms with Crippen molar-refractivity contribution in [2.24, 2.45) is 0 Å². The molecule has 1 aromatic heterocycles. The van der Waals surface area contributed by atoms with Gasteiger partial charge in [0, 0.05) is 6.07 Å². The normalized spacial score (nSPS) is 11.8. The van der Waals surface area contributed by atoms with Crippen LogP contribution in [0.25, 0.3) is 0 Å². The van der Waals surface area contributed by atoms with E-state index in [4.69, 9.17) is 4.74 Å². The first-order valence-electron chi connectivity index (χ1n) is 8.44. The molecule has 0 radical (unpaired) electrons. The van der Waals surface area contributed by atoms with Crippen LogP contribution in [0.2, 0.25) is 0 Å². The average Bonchev–Trinajstić information content (AvgIpc) is 3.08. The summed E-state index contributed by atoms with van der Waals surface area (Å²) in [7, 11) is 0. The standard InChI is InChI=1S/C20H20FN3O2/c1-2-18(26-17-10-8-16(21)9-11-17)20(25)23-19-12-13-22-24(19)14-15-6-4-3-5-7-15/h3-13,18H,2,14H2,1H3,(H,23,25). The average molecular weight is 353 g/mol. The number of hydrogen-bond donors (Lipinski definition) is 1. The number of halogens is 1. The molecule has 2 aromatic carbocycles. The fourth-order valence-electron chi connectivity index (χ4n) is 2.53. The SMILES string of the molecule is CCC(Oc1ccc(F)cc1)C(=O)Nc1ccnn1Cc1ccccc1. The van der Waals surface area contributed by atoms with Crippen LogP contribution in [-0.2, 0) is 11.3 Å². The zero-order chi connectivity index (χ0) is 18.4. The highest BCUT2D eigenvalue weighted by Gasteiger charge is 2.20. The molecule has 1 unspecified atom stereocenters. The van der Waals surface area contributed by atoms with Crippen molar-refractivity contribution in [3.05, 3.63) is 78.2 Å². The second kappa shape index (κ2) is 8.29. The Morgan fingerprint density at radius 3 is 2.58 bits per heavy atom. The predicted octanol–water partition coefficient (Wildman–Crippen LogP) is 3.87. The van der Waals surface area contributed by atoms with Crippen molar-refractivity contribution in [1.29, 1.82) is 0 Å². The second-order valence-electron chi connectivity index (χ2n) is 5.82. The van der Waals surface area contributed by atoms with Crippen molar-refractivity contribution >= 4 is 11.7 Å². The number of rotatable bonds is 7. The molecule has 0 fully saturated rings. The van der Waals surface area contributed by atoms with Crippen LogP contribution in [0.3, 0.4) is 0 Å². The number of benzene rings is 2. The molecule has 0 saturated heterocycles. The summed E-state index contributed by atoms with van der Waals surface area (Å²) < 4.78 is 20.4. The molecule has 1 N–H and O–H groups in total. The van der Waals surface area contributed by atoms with Crippen LogP contribution in [0.1, 0.15) is 18.9 Å². The fourth-order valence-corrected chi connectivity index (χ4v) is 2.53. The number of nitrogens with zero attached hydrogens (tertiary/aromatic N) is 2. The number of carbonyl (C=O) groups excluding carboxylic acids is 1. The van der Waals surface area contributed by atoms with Crippen LogP contribution < -0.4 is 10.1 Å². The van der Waals surface area contributed by atoms with Gasteiger partial charge in [0.15, 0.2) is 6.10 Å². The summed E-state index contributed by atoms with van der Waals surface area (Å²) in [5, 5.41) is 7.12. The molecule has 134 valence electrons. The molecule has 0 saturated carbocycles. The molecule has 0 aliphatic rings. The van der Waals surface area contributed by atoms with E-state index in [1.165, 1.54) is 24.3 Å². The van der Waals surface area contributed by atoms with Gasteiger partial charge in [0.05, 0.1) is 12.7 Å². The number of aromatic nitrogens is 2. The lowest BCUT2D eigenvalue weighted by atomic mass is 10.2. The summed E-state index contributed by atoms with van der Waals surface area (Å²) in [5.74, 6) is 0.428. The zero-order valence-electron chi connectivity index (χ0n) is 14.4. The van der Waals surface area contributed by atoms with E-state index in [0.29, 0.717) is 24.5 Å². The molecule has 3 rings (SSSR count). The minimum Gasteiger partial charge on any atom is -0.481 e. The Hall–Kier alpha value is -3.15. The van der Waals surface area contributed by atoms with E-state index >= 15 is 0 Å². The third-order valence-corrected chi connectivity index (χ3v) is 3.90. The molecular weight excluding hydrogens is 333 g/mol. The quantitative estimate of drug-likeness (QED) is 0.702. The van der Waals surface area contributed by atoms with Gasteiger partial charge in [0.1, 0.15) is 17.4 Å². The van der Waals surface area contributed by atoms with Gasteiger partial charge in [-0.3, -0.25) is 4.79 Å². The summed E-state index contributed by atoms with van der Waals surface area (Å²) >= 11 is 0. The molecule has 6 heteroatoms. The van der Waals surface area contributed by atoms with Crippen LogP contribution in [0.5, 0.6) is 5.75 Å². The third kappa shape index (κ3) is 4.47. The maximum absolute atomic E-state index is 13.0. The monoisotopic (exact) mass is 353 g/mol. The van der Waals surface area contributed by atoms with Crippen LogP contribution in [-0.4, -0.2) is 21.8 Å². The highest BCUT2D eigenvalue weighted by molar-refractivity contribution is 5.93. The topological polar surface area (TPSA) is 56.1 Å². The van der Waals surface area contributed by atoms with Gasteiger partial charge in [0.25, 0.3) is 5.91 Å². The van der Waals surface area contributed by atoms with E-state index in [1.807, 2.05) is 37.3 Å². The summed E-state index contributed by atoms with van der Waals surface area (Å²) in [5.41, 5.74) is 1.08. The lowest BCUT2D eigenvalue weighted by Crippen LogP contribution is -2.33. The van der Waals surface area contributed by atoms with E-state index in [0.717, 1.165) is 5.56 Å². The van der Waals surface area contributed by atoms with Crippen molar-refractivity contribution in [3.63, 3.8) is 0 Å². The summed E-state index contributed by atoms with van der Waals surface area (Å²) in [6.45, 7) is 2.41. The van der Waals surface area contributed by atoms with Crippen LogP contribution >= 0.6 is 0 Å². The molecule has 5 nitrogen and oxygen atoms in total. The molecule has 0 spiro atoms. The van der Waals surface area contributed by atoms with Gasteiger partial charge >= 0.3 is 0 Å². The molecule has 1 amide bonds. The smallest absolute Gasteiger partial charge is 0.266 e. The largest absolute Gasteiger partial charge is 0.481 e. The van der Waals surface area contributed by atoms with Gasteiger partial charge in [-0.25, -0.2) is 9.07 Å². The van der Waals surface area contributed by atoms with E-state index in [1.54, 1.807) is 16.9 Å². The Kier molecular flexibility index (Phi) is 5.63. The second-order valence-corrected chi connectivity index (χ2v) is 5.82. The first-order valence-corrected chi connectivity index (χ1v) is 8.44. The lowest BCUT2D eigenvalue weighted by molar-refractivity contribution is -0.122. The van der Waals surface area contributed by atoms with E-state index < -0.39 is 6.10 Å². The molecule has 0 bridgehead atoms. The Labute approximate surface area is 151 Å². The molecule has 1 heterocycles. The lowest BCUT2D eigenvalue weighted by Gasteiger charge is -2.17. The Morgan fingerprint density at radius 1 is 1.15 bits per heavy atom. The van der Waals surface area contributed by atoms with Gasteiger partial charge in [-0.05, 0) is 36.2 Å². The van der Waals surface area contributed by atoms with Gasteiger partial charge in [-0.2, -0.15) is 5.10 Å². The Bertz CT molecular complexity index is 847. The zero-order valence-corrected chi connectivity index (χ0v) is 14.4. The molecule has 0 aliphatic carbocycles. The van der Waals surface area contributed by atoms with Crippen molar-refractivity contribution in [1.82, 2.24) is 9.78 Å². The maximum atomic E-state index is 13.0. The number of amides is 1. The van der Waals surface area contributed by atoms with E-state index in [-0.39, 0.29) is 11.7 Å². The summed E-state index contributed by atoms with van der Waals surface area (Å²) in [6, 6.07) is 17.2. The van der Waals surface area contributed by atoms with Crippen molar-refractivity contribution in [2.45, 2.75) is 26.0 Å². The minimum absolute atomic E-state index is 0.272. The molecule has 3 aromatic rings. The van der Waals surface area contributed by atoms with Gasteiger partial charge in [-0.1, -0.05) is 37.3 Å². The van der Waals surface area contributed by atoms with Crippen LogP contribution in [0.4, 0.5) is 10.2 Å². The summed E-state index contributed by atoms with van der Waals surface area (Å²) in [4.78, 5) is 12.6. The molecule has 0 aliphatic heterocycles. The number of anilines is 1. The highest BCUT2D eigenvalue weighted by Crippen LogP contribution is 2.16. The van der Waals surface area contributed by atoms with Gasteiger partial charge in [-0.15, -0.1) is 0 Å². The fraction of sp³-hybridized carbons (Fsp3) is 0.200. The minimum atomic E-state index is -0.680. The van der Waals surface area contributed by atoms with Crippen molar-refractivity contribution < 1.29 is 13.9 Å². The number of carbonyl (C=O) groups is 1. The number of hydrogen-bond acceptors (Lipinski definition) is 3. The highest BCUT2D eigenvalue weighted by atomic mass is 19.1. The van der Waals surface area contributed by atoms with Crippen molar-refractivity contribution in [2.75, 3.05) is 5.32 Å². The molecular formula is C20H20FN3O2. The maximum Gasteiger partial charge on any atom is 0.266 e. The third-order valence-electron chi connectivity index (χ3n) is 3.90. The van der Waals surface area contributed by atoms with Crippen LogP contribution in [0, 0.1) is 5.82 Å². The van der Waals surface area contributed by atoms with Gasteiger partial charge in [0.2, 0.25) is 0 Å². The Balaban J connectivity index is 1.66. The van der Waals surface area contributed by atoms with Gasteiger partial charge < -0.3 is 10.1 Å². The summed E-state index contributed by atoms with van der Waals surface area (Å²) in [6.07, 6.45) is 1.44. The first kappa shape index (κ1) is 17.7. The molecule has 1 atom stereocenters. The first-order chi connectivity index (χ1) is 12.7.